The molecule has 0 atom stereocenters. The molecule has 2 heterocycles. The lowest BCUT2D eigenvalue weighted by Gasteiger charge is -2.08. The van der Waals surface area contributed by atoms with Crippen LogP contribution in [0.25, 0.3) is 0 Å². The van der Waals surface area contributed by atoms with E-state index in [2.05, 4.69) is 10.6 Å². The maximum absolute atomic E-state index is 12.1. The number of rotatable bonds is 2. The molecule has 0 bridgehead atoms. The molecule has 100 valence electrons. The van der Waals surface area contributed by atoms with Crippen LogP contribution in [-0.4, -0.2) is 17.6 Å². The molecule has 0 fully saturated rings. The van der Waals surface area contributed by atoms with E-state index in [1.807, 2.05) is 0 Å². The SMILES string of the molecule is O=C1CC(=O)Nc2cc(C(=O)c3ccco3)ccc2N1. The Bertz CT molecular complexity index is 704. The average molecular weight is 270 g/mol. The van der Waals surface area contributed by atoms with Gasteiger partial charge in [0.15, 0.2) is 5.76 Å². The molecular formula is C14H10N2O4. The van der Waals surface area contributed by atoms with Crippen molar-refractivity contribution in [1.29, 1.82) is 0 Å². The van der Waals surface area contributed by atoms with Crippen LogP contribution in [0.4, 0.5) is 11.4 Å². The van der Waals surface area contributed by atoms with E-state index in [1.165, 1.54) is 12.3 Å². The van der Waals surface area contributed by atoms with Gasteiger partial charge in [-0.15, -0.1) is 0 Å². The molecule has 0 aliphatic carbocycles. The molecule has 6 heteroatoms. The van der Waals surface area contributed by atoms with Gasteiger partial charge in [0.05, 0.1) is 17.6 Å². The average Bonchev–Trinajstić information content (AvgIpc) is 2.88. The lowest BCUT2D eigenvalue weighted by molar-refractivity contribution is -0.123. The maximum atomic E-state index is 12.1. The third-order valence-corrected chi connectivity index (χ3v) is 2.90. The topological polar surface area (TPSA) is 88.4 Å². The van der Waals surface area contributed by atoms with Crippen molar-refractivity contribution < 1.29 is 18.8 Å². The molecule has 2 amide bonds. The quantitative estimate of drug-likeness (QED) is 0.643. The summed E-state index contributed by atoms with van der Waals surface area (Å²) in [5.41, 5.74) is 1.24. The lowest BCUT2D eigenvalue weighted by Crippen LogP contribution is -2.16. The first-order chi connectivity index (χ1) is 9.63. The summed E-state index contributed by atoms with van der Waals surface area (Å²) in [6, 6.07) is 7.85. The van der Waals surface area contributed by atoms with Gasteiger partial charge in [-0.25, -0.2) is 0 Å². The second kappa shape index (κ2) is 4.65. The van der Waals surface area contributed by atoms with Gasteiger partial charge < -0.3 is 15.1 Å². The second-order valence-corrected chi connectivity index (χ2v) is 4.34. The third kappa shape index (κ3) is 2.18. The summed E-state index contributed by atoms with van der Waals surface area (Å²) in [6.45, 7) is 0. The van der Waals surface area contributed by atoms with E-state index in [0.717, 1.165) is 0 Å². The highest BCUT2D eigenvalue weighted by molar-refractivity contribution is 6.15. The van der Waals surface area contributed by atoms with Gasteiger partial charge in [-0.05, 0) is 30.3 Å². The van der Waals surface area contributed by atoms with Gasteiger partial charge in [-0.2, -0.15) is 0 Å². The molecule has 1 aromatic heterocycles. The first kappa shape index (κ1) is 12.2. The minimum atomic E-state index is -0.413. The van der Waals surface area contributed by atoms with Gasteiger partial charge in [-0.1, -0.05) is 0 Å². The van der Waals surface area contributed by atoms with Gasteiger partial charge in [0.1, 0.15) is 6.42 Å². The smallest absolute Gasteiger partial charge is 0.233 e. The Hall–Kier alpha value is -2.89. The number of hydrogen-bond donors (Lipinski definition) is 2. The zero-order valence-electron chi connectivity index (χ0n) is 10.3. The Morgan fingerprint density at radius 1 is 1.05 bits per heavy atom. The predicted molar refractivity (Wildman–Crippen MR) is 70.5 cm³/mol. The lowest BCUT2D eigenvalue weighted by atomic mass is 10.1. The standard InChI is InChI=1S/C14H10N2O4/c17-12-7-13(18)16-10-6-8(3-4-9(10)15-12)14(19)11-2-1-5-20-11/h1-6H,7H2,(H,15,17)(H,16,18). The summed E-state index contributed by atoms with van der Waals surface area (Å²) in [7, 11) is 0. The molecule has 20 heavy (non-hydrogen) atoms. The van der Waals surface area contributed by atoms with Gasteiger partial charge in [0.2, 0.25) is 17.6 Å². The molecule has 0 saturated carbocycles. The highest BCUT2D eigenvalue weighted by Gasteiger charge is 2.20. The molecule has 0 unspecified atom stereocenters. The number of ketones is 1. The van der Waals surface area contributed by atoms with Crippen LogP contribution in [0.15, 0.2) is 41.0 Å². The zero-order chi connectivity index (χ0) is 14.1. The van der Waals surface area contributed by atoms with Crippen LogP contribution < -0.4 is 10.6 Å². The van der Waals surface area contributed by atoms with Crippen LogP contribution in [-0.2, 0) is 9.59 Å². The predicted octanol–water partition coefficient (Wildman–Crippen LogP) is 1.79. The van der Waals surface area contributed by atoms with E-state index < -0.39 is 5.91 Å². The van der Waals surface area contributed by atoms with Crippen LogP contribution in [0.1, 0.15) is 22.5 Å². The summed E-state index contributed by atoms with van der Waals surface area (Å²) in [5, 5.41) is 5.18. The number of carbonyl (C=O) groups excluding carboxylic acids is 3. The fourth-order valence-electron chi connectivity index (χ4n) is 1.98. The first-order valence-corrected chi connectivity index (χ1v) is 5.95. The molecule has 1 aliphatic heterocycles. The number of amides is 2. The van der Waals surface area contributed by atoms with Crippen molar-refractivity contribution in [2.45, 2.75) is 6.42 Å². The Morgan fingerprint density at radius 2 is 1.80 bits per heavy atom. The van der Waals surface area contributed by atoms with Crippen LogP contribution in [0.3, 0.4) is 0 Å². The number of carbonyl (C=O) groups is 3. The van der Waals surface area contributed by atoms with Crippen molar-refractivity contribution in [3.05, 3.63) is 47.9 Å². The molecule has 0 radical (unpaired) electrons. The van der Waals surface area contributed by atoms with Gasteiger partial charge in [0.25, 0.3) is 0 Å². The third-order valence-electron chi connectivity index (χ3n) is 2.90. The number of anilines is 2. The summed E-state index contributed by atoms with van der Waals surface area (Å²) >= 11 is 0. The Labute approximate surface area is 113 Å². The zero-order valence-corrected chi connectivity index (χ0v) is 10.3. The van der Waals surface area contributed by atoms with Gasteiger partial charge in [-0.3, -0.25) is 14.4 Å². The molecule has 1 aliphatic rings. The number of benzene rings is 1. The van der Waals surface area contributed by atoms with Crippen molar-refractivity contribution in [2.75, 3.05) is 10.6 Å². The van der Waals surface area contributed by atoms with Crippen LogP contribution in [0, 0.1) is 0 Å². The number of hydrogen-bond acceptors (Lipinski definition) is 4. The molecular weight excluding hydrogens is 260 g/mol. The van der Waals surface area contributed by atoms with Crippen LogP contribution in [0.2, 0.25) is 0 Å². The molecule has 2 N–H and O–H groups in total. The fraction of sp³-hybridized carbons (Fsp3) is 0.0714. The van der Waals surface area contributed by atoms with Crippen molar-refractivity contribution in [3.8, 4) is 0 Å². The van der Waals surface area contributed by atoms with E-state index in [4.69, 9.17) is 4.42 Å². The van der Waals surface area contributed by atoms with Gasteiger partial charge in [0, 0.05) is 5.56 Å². The van der Waals surface area contributed by atoms with Gasteiger partial charge >= 0.3 is 0 Å². The summed E-state index contributed by atoms with van der Waals surface area (Å²) in [5.74, 6) is -0.869. The minimum Gasteiger partial charge on any atom is -0.461 e. The molecule has 0 spiro atoms. The molecule has 0 saturated heterocycles. The van der Waals surface area contributed by atoms with Crippen molar-refractivity contribution >= 4 is 29.0 Å². The Kier molecular flexibility index (Phi) is 2.83. The Balaban J connectivity index is 1.99. The second-order valence-electron chi connectivity index (χ2n) is 4.34. The normalized spacial score (nSPS) is 14.0. The maximum Gasteiger partial charge on any atom is 0.233 e. The van der Waals surface area contributed by atoms with Crippen molar-refractivity contribution in [3.63, 3.8) is 0 Å². The molecule has 1 aromatic carbocycles. The summed E-state index contributed by atoms with van der Waals surface area (Å²) in [6.07, 6.45) is 1.18. The van der Waals surface area contributed by atoms with Crippen LogP contribution >= 0.6 is 0 Å². The van der Waals surface area contributed by atoms with Crippen molar-refractivity contribution in [2.24, 2.45) is 0 Å². The molecule has 3 rings (SSSR count). The van der Waals surface area contributed by atoms with E-state index in [-0.39, 0.29) is 23.9 Å². The number of nitrogens with one attached hydrogen (secondary N) is 2. The first-order valence-electron chi connectivity index (χ1n) is 5.95. The number of fused-ring (bicyclic) bond motifs is 1. The van der Waals surface area contributed by atoms with Crippen LogP contribution in [0.5, 0.6) is 0 Å². The largest absolute Gasteiger partial charge is 0.461 e. The molecule has 2 aromatic rings. The Morgan fingerprint density at radius 3 is 2.50 bits per heavy atom. The highest BCUT2D eigenvalue weighted by atomic mass is 16.3. The monoisotopic (exact) mass is 270 g/mol. The van der Waals surface area contributed by atoms with E-state index in [0.29, 0.717) is 16.9 Å². The summed E-state index contributed by atoms with van der Waals surface area (Å²) in [4.78, 5) is 35.0. The van der Waals surface area contributed by atoms with E-state index in [9.17, 15) is 14.4 Å². The van der Waals surface area contributed by atoms with E-state index >= 15 is 0 Å². The van der Waals surface area contributed by atoms with E-state index in [1.54, 1.807) is 24.3 Å². The number of furan rings is 1. The molecule has 6 nitrogen and oxygen atoms in total. The summed E-state index contributed by atoms with van der Waals surface area (Å²) < 4.78 is 5.05. The van der Waals surface area contributed by atoms with Crippen molar-refractivity contribution in [1.82, 2.24) is 0 Å². The highest BCUT2D eigenvalue weighted by Crippen LogP contribution is 2.26. The minimum absolute atomic E-state index is 0.217. The fourth-order valence-corrected chi connectivity index (χ4v) is 1.98.